The number of hydrogen-bond acceptors (Lipinski definition) is 2. The second-order valence-electron chi connectivity index (χ2n) is 3.96. The summed E-state index contributed by atoms with van der Waals surface area (Å²) in [5.41, 5.74) is 0.913. The second-order valence-corrected chi connectivity index (χ2v) is 4.37. The Morgan fingerprint density at radius 3 is 2.50 bits per heavy atom. The average molecular weight is 320 g/mol. The van der Waals surface area contributed by atoms with Crippen LogP contribution in [-0.4, -0.2) is 7.05 Å². The van der Waals surface area contributed by atoms with E-state index in [-0.39, 0.29) is 18.2 Å². The van der Waals surface area contributed by atoms with Gasteiger partial charge in [0, 0.05) is 17.6 Å². The van der Waals surface area contributed by atoms with E-state index >= 15 is 0 Å². The van der Waals surface area contributed by atoms with E-state index in [0.717, 1.165) is 17.7 Å². The van der Waals surface area contributed by atoms with E-state index in [1.165, 1.54) is 6.07 Å². The van der Waals surface area contributed by atoms with Crippen LogP contribution in [0.3, 0.4) is 0 Å². The summed E-state index contributed by atoms with van der Waals surface area (Å²) in [5.74, 6) is -1.04. The lowest BCUT2D eigenvalue weighted by Gasteiger charge is -2.09. The molecule has 1 N–H and O–H groups in total. The highest BCUT2D eigenvalue weighted by Gasteiger charge is 2.08. The predicted octanol–water partition coefficient (Wildman–Crippen LogP) is 4.55. The zero-order chi connectivity index (χ0) is 13.8. The van der Waals surface area contributed by atoms with Gasteiger partial charge in [0.15, 0.2) is 11.6 Å². The number of benzene rings is 2. The van der Waals surface area contributed by atoms with Crippen molar-refractivity contribution in [2.45, 2.75) is 6.54 Å². The van der Waals surface area contributed by atoms with Crippen molar-refractivity contribution in [3.8, 4) is 11.5 Å². The van der Waals surface area contributed by atoms with Gasteiger partial charge in [-0.3, -0.25) is 0 Å². The van der Waals surface area contributed by atoms with Crippen molar-refractivity contribution in [1.29, 1.82) is 0 Å². The second kappa shape index (κ2) is 7.43. The molecule has 20 heavy (non-hydrogen) atoms. The van der Waals surface area contributed by atoms with Crippen LogP contribution in [0.1, 0.15) is 5.56 Å². The maximum atomic E-state index is 13.4. The Balaban J connectivity index is 0.00000200. The first-order valence-electron chi connectivity index (χ1n) is 5.66. The lowest BCUT2D eigenvalue weighted by molar-refractivity contribution is 0.437. The molecule has 2 nitrogen and oxygen atoms in total. The number of halogens is 4. The van der Waals surface area contributed by atoms with Crippen LogP contribution in [0.5, 0.6) is 11.5 Å². The third-order valence-corrected chi connectivity index (χ3v) is 2.87. The van der Waals surface area contributed by atoms with E-state index in [9.17, 15) is 8.78 Å². The molecule has 0 heterocycles. The summed E-state index contributed by atoms with van der Waals surface area (Å²) in [6.07, 6.45) is 0. The van der Waals surface area contributed by atoms with Gasteiger partial charge in [-0.25, -0.2) is 8.78 Å². The van der Waals surface area contributed by atoms with E-state index in [1.807, 2.05) is 7.05 Å². The average Bonchev–Trinajstić information content (AvgIpc) is 2.36. The first-order chi connectivity index (χ1) is 9.10. The van der Waals surface area contributed by atoms with Gasteiger partial charge in [-0.15, -0.1) is 12.4 Å². The molecule has 0 amide bonds. The molecule has 0 spiro atoms. The fourth-order valence-corrected chi connectivity index (χ4v) is 1.85. The quantitative estimate of drug-likeness (QED) is 0.892. The van der Waals surface area contributed by atoms with Crippen LogP contribution in [-0.2, 0) is 6.54 Å². The summed E-state index contributed by atoms with van der Waals surface area (Å²) in [7, 11) is 1.81. The molecule has 0 fully saturated rings. The van der Waals surface area contributed by atoms with Gasteiger partial charge in [0.2, 0.25) is 0 Å². The van der Waals surface area contributed by atoms with Crippen molar-refractivity contribution >= 4 is 24.0 Å². The molecular formula is C14H13Cl2F2NO. The van der Waals surface area contributed by atoms with Crippen molar-refractivity contribution in [2.24, 2.45) is 0 Å². The minimum absolute atomic E-state index is 0. The van der Waals surface area contributed by atoms with E-state index in [4.69, 9.17) is 16.3 Å². The zero-order valence-corrected chi connectivity index (χ0v) is 12.2. The number of rotatable bonds is 4. The Morgan fingerprint density at radius 2 is 1.90 bits per heavy atom. The summed E-state index contributed by atoms with van der Waals surface area (Å²) >= 11 is 6.07. The van der Waals surface area contributed by atoms with Crippen LogP contribution in [0.25, 0.3) is 0 Å². The summed E-state index contributed by atoms with van der Waals surface area (Å²) in [6, 6.07) is 8.20. The van der Waals surface area contributed by atoms with Crippen LogP contribution in [0.15, 0.2) is 36.4 Å². The molecule has 0 aliphatic rings. The molecular weight excluding hydrogens is 307 g/mol. The largest absolute Gasteiger partial charge is 0.454 e. The highest BCUT2D eigenvalue weighted by molar-refractivity contribution is 6.31. The molecule has 0 saturated heterocycles. The number of hydrogen-bond donors (Lipinski definition) is 1. The van der Waals surface area contributed by atoms with Gasteiger partial charge in [-0.2, -0.15) is 0 Å². The highest BCUT2D eigenvalue weighted by Crippen LogP contribution is 2.28. The van der Waals surface area contributed by atoms with Gasteiger partial charge in [0.05, 0.1) is 0 Å². The summed E-state index contributed by atoms with van der Waals surface area (Å²) in [4.78, 5) is 0. The highest BCUT2D eigenvalue weighted by atomic mass is 35.5. The van der Waals surface area contributed by atoms with Crippen LogP contribution in [0.4, 0.5) is 8.78 Å². The first-order valence-corrected chi connectivity index (χ1v) is 6.04. The van der Waals surface area contributed by atoms with Gasteiger partial charge in [-0.05, 0) is 36.9 Å². The molecule has 2 aromatic rings. The number of ether oxygens (including phenoxy) is 1. The maximum absolute atomic E-state index is 13.4. The lowest BCUT2D eigenvalue weighted by Crippen LogP contribution is -2.05. The van der Waals surface area contributed by atoms with Gasteiger partial charge < -0.3 is 10.1 Å². The van der Waals surface area contributed by atoms with Crippen molar-refractivity contribution in [3.05, 3.63) is 58.6 Å². The third kappa shape index (κ3) is 4.07. The summed E-state index contributed by atoms with van der Waals surface area (Å²) in [6.45, 7) is 0.629. The Kier molecular flexibility index (Phi) is 6.20. The normalized spacial score (nSPS) is 10.0. The Bertz CT molecular complexity index is 593. The maximum Gasteiger partial charge on any atom is 0.168 e. The van der Waals surface area contributed by atoms with Crippen molar-refractivity contribution < 1.29 is 13.5 Å². The molecule has 108 valence electrons. The molecule has 0 bridgehead atoms. The minimum atomic E-state index is -0.754. The fraction of sp³-hybridized carbons (Fsp3) is 0.143. The van der Waals surface area contributed by atoms with E-state index in [1.54, 1.807) is 18.2 Å². The third-order valence-electron chi connectivity index (χ3n) is 2.51. The monoisotopic (exact) mass is 319 g/mol. The standard InChI is InChI=1S/C14H12ClF2NO.ClH/c1-18-8-9-2-4-11(7-12(9)15)19-14-5-3-10(16)6-13(14)17;/h2-7,18H,8H2,1H3;1H. The predicted molar refractivity (Wildman–Crippen MR) is 77.9 cm³/mol. The summed E-state index contributed by atoms with van der Waals surface area (Å²) in [5, 5.41) is 3.50. The molecule has 0 saturated carbocycles. The molecule has 0 aliphatic heterocycles. The van der Waals surface area contributed by atoms with Crippen molar-refractivity contribution in [1.82, 2.24) is 5.32 Å². The molecule has 2 aromatic carbocycles. The first kappa shape index (κ1) is 16.7. The number of nitrogens with one attached hydrogen (secondary N) is 1. The molecule has 0 aliphatic carbocycles. The van der Waals surface area contributed by atoms with Gasteiger partial charge in [0.25, 0.3) is 0 Å². The van der Waals surface area contributed by atoms with Crippen LogP contribution in [0, 0.1) is 11.6 Å². The van der Waals surface area contributed by atoms with E-state index in [2.05, 4.69) is 5.32 Å². The molecule has 6 heteroatoms. The lowest BCUT2D eigenvalue weighted by atomic mass is 10.2. The Morgan fingerprint density at radius 1 is 1.15 bits per heavy atom. The fourth-order valence-electron chi connectivity index (χ4n) is 1.61. The zero-order valence-electron chi connectivity index (χ0n) is 10.6. The van der Waals surface area contributed by atoms with Crippen LogP contribution < -0.4 is 10.1 Å². The summed E-state index contributed by atoms with van der Waals surface area (Å²) < 4.78 is 31.5. The SMILES string of the molecule is CNCc1ccc(Oc2ccc(F)cc2F)cc1Cl.Cl. The van der Waals surface area contributed by atoms with Gasteiger partial charge in [-0.1, -0.05) is 17.7 Å². The van der Waals surface area contributed by atoms with Gasteiger partial charge >= 0.3 is 0 Å². The Hall–Kier alpha value is -1.36. The van der Waals surface area contributed by atoms with E-state index in [0.29, 0.717) is 17.3 Å². The van der Waals surface area contributed by atoms with Crippen molar-refractivity contribution in [3.63, 3.8) is 0 Å². The molecule has 0 atom stereocenters. The Labute approximate surface area is 127 Å². The molecule has 0 radical (unpaired) electrons. The smallest absolute Gasteiger partial charge is 0.168 e. The van der Waals surface area contributed by atoms with Crippen molar-refractivity contribution in [2.75, 3.05) is 7.05 Å². The molecule has 0 aromatic heterocycles. The minimum Gasteiger partial charge on any atom is -0.454 e. The molecule has 0 unspecified atom stereocenters. The topological polar surface area (TPSA) is 21.3 Å². The van der Waals surface area contributed by atoms with Crippen LogP contribution in [0.2, 0.25) is 5.02 Å². The van der Waals surface area contributed by atoms with Crippen LogP contribution >= 0.6 is 24.0 Å². The molecule has 2 rings (SSSR count). The van der Waals surface area contributed by atoms with E-state index < -0.39 is 11.6 Å². The van der Waals surface area contributed by atoms with Gasteiger partial charge in [0.1, 0.15) is 11.6 Å².